The van der Waals surface area contributed by atoms with Crippen LogP contribution in [0.1, 0.15) is 18.2 Å². The zero-order valence-electron chi connectivity index (χ0n) is 11.7. The maximum atomic E-state index is 10.5. The lowest BCUT2D eigenvalue weighted by Crippen LogP contribution is -2.24. The molecular formula is C15H16N4O2. The van der Waals surface area contributed by atoms with Crippen LogP contribution in [0, 0.1) is 0 Å². The Labute approximate surface area is 122 Å². The van der Waals surface area contributed by atoms with Gasteiger partial charge in [0, 0.05) is 36.8 Å². The molecule has 0 aromatic carbocycles. The third kappa shape index (κ3) is 4.38. The van der Waals surface area contributed by atoms with Gasteiger partial charge in [-0.2, -0.15) is 0 Å². The Bertz CT molecular complexity index is 611. The topological polar surface area (TPSA) is 79.2 Å². The number of aromatic nitrogens is 3. The molecular weight excluding hydrogens is 268 g/mol. The summed E-state index contributed by atoms with van der Waals surface area (Å²) in [7, 11) is 0. The monoisotopic (exact) mass is 284 g/mol. The average molecular weight is 284 g/mol. The molecule has 0 aliphatic carbocycles. The van der Waals surface area contributed by atoms with Crippen molar-refractivity contribution >= 4 is 18.0 Å². The van der Waals surface area contributed by atoms with Crippen molar-refractivity contribution in [2.24, 2.45) is 0 Å². The zero-order chi connectivity index (χ0) is 15.1. The van der Waals surface area contributed by atoms with Crippen molar-refractivity contribution < 1.29 is 9.90 Å². The van der Waals surface area contributed by atoms with Crippen LogP contribution in [0.2, 0.25) is 0 Å². The van der Waals surface area contributed by atoms with E-state index in [1.165, 1.54) is 6.08 Å². The molecule has 0 unspecified atom stereocenters. The van der Waals surface area contributed by atoms with Crippen molar-refractivity contribution in [3.05, 3.63) is 54.1 Å². The van der Waals surface area contributed by atoms with Crippen molar-refractivity contribution in [2.45, 2.75) is 13.5 Å². The van der Waals surface area contributed by atoms with E-state index in [0.29, 0.717) is 18.1 Å². The van der Waals surface area contributed by atoms with Gasteiger partial charge in [-0.1, -0.05) is 6.07 Å². The summed E-state index contributed by atoms with van der Waals surface area (Å²) in [6.45, 7) is 3.40. The highest BCUT2D eigenvalue weighted by molar-refractivity contribution is 5.85. The number of anilines is 1. The molecule has 0 fully saturated rings. The molecule has 0 aliphatic heterocycles. The number of pyridine rings is 1. The van der Waals surface area contributed by atoms with Crippen molar-refractivity contribution in [2.75, 3.05) is 11.4 Å². The molecule has 0 bridgehead atoms. The quantitative estimate of drug-likeness (QED) is 0.817. The first-order chi connectivity index (χ1) is 10.2. The molecule has 1 N–H and O–H groups in total. The van der Waals surface area contributed by atoms with Crippen LogP contribution in [0.5, 0.6) is 0 Å². The van der Waals surface area contributed by atoms with E-state index in [-0.39, 0.29) is 0 Å². The maximum Gasteiger partial charge on any atom is 0.328 e. The van der Waals surface area contributed by atoms with E-state index in [4.69, 9.17) is 5.11 Å². The first-order valence-corrected chi connectivity index (χ1v) is 6.57. The predicted molar refractivity (Wildman–Crippen MR) is 79.7 cm³/mol. The first kappa shape index (κ1) is 14.6. The summed E-state index contributed by atoms with van der Waals surface area (Å²) in [5.41, 5.74) is 1.59. The van der Waals surface area contributed by atoms with Gasteiger partial charge in [0.05, 0.1) is 12.2 Å². The Balaban J connectivity index is 2.10. The molecule has 0 aliphatic rings. The van der Waals surface area contributed by atoms with Gasteiger partial charge in [-0.15, -0.1) is 0 Å². The van der Waals surface area contributed by atoms with Crippen LogP contribution in [0.4, 0.5) is 5.95 Å². The Hall–Kier alpha value is -2.76. The van der Waals surface area contributed by atoms with E-state index < -0.39 is 5.97 Å². The third-order valence-corrected chi connectivity index (χ3v) is 2.82. The molecule has 0 amide bonds. The van der Waals surface area contributed by atoms with Gasteiger partial charge < -0.3 is 10.0 Å². The number of nitrogens with zero attached hydrogens (tertiary/aromatic N) is 4. The van der Waals surface area contributed by atoms with Gasteiger partial charge in [0.1, 0.15) is 0 Å². The lowest BCUT2D eigenvalue weighted by molar-refractivity contribution is -0.131. The molecule has 0 saturated heterocycles. The molecule has 0 radical (unpaired) electrons. The summed E-state index contributed by atoms with van der Waals surface area (Å²) in [4.78, 5) is 25.3. The fraction of sp³-hybridized carbons (Fsp3) is 0.200. The Morgan fingerprint density at radius 1 is 1.29 bits per heavy atom. The zero-order valence-corrected chi connectivity index (χ0v) is 11.7. The second-order valence-corrected chi connectivity index (χ2v) is 4.32. The normalized spacial score (nSPS) is 10.7. The van der Waals surface area contributed by atoms with Crippen LogP contribution in [0.25, 0.3) is 6.08 Å². The lowest BCUT2D eigenvalue weighted by atomic mass is 10.3. The summed E-state index contributed by atoms with van der Waals surface area (Å²) in [5, 5.41) is 8.58. The number of hydrogen-bond acceptors (Lipinski definition) is 5. The fourth-order valence-corrected chi connectivity index (χ4v) is 1.76. The summed E-state index contributed by atoms with van der Waals surface area (Å²) >= 11 is 0. The molecule has 2 aromatic rings. The average Bonchev–Trinajstić information content (AvgIpc) is 2.52. The highest BCUT2D eigenvalue weighted by Crippen LogP contribution is 2.11. The minimum absolute atomic E-state index is 0.593. The highest BCUT2D eigenvalue weighted by Gasteiger charge is 2.08. The molecule has 21 heavy (non-hydrogen) atoms. The van der Waals surface area contributed by atoms with Gasteiger partial charge in [-0.25, -0.2) is 14.8 Å². The standard InChI is InChI=1S/C15H16N4O2/c1-2-19(11-13-5-3-4-8-16-13)15-17-9-12(10-18-15)6-7-14(20)21/h3-10H,2,11H2,1H3,(H,20,21)/b7-6+. The summed E-state index contributed by atoms with van der Waals surface area (Å²) in [6, 6.07) is 5.77. The van der Waals surface area contributed by atoms with Gasteiger partial charge in [0.25, 0.3) is 0 Å². The van der Waals surface area contributed by atoms with Crippen molar-refractivity contribution in [3.8, 4) is 0 Å². The predicted octanol–water partition coefficient (Wildman–Crippen LogP) is 2.00. The molecule has 2 rings (SSSR count). The number of hydrogen-bond donors (Lipinski definition) is 1. The second kappa shape index (κ2) is 7.14. The molecule has 2 heterocycles. The Kier molecular flexibility index (Phi) is 4.98. The maximum absolute atomic E-state index is 10.5. The molecule has 108 valence electrons. The van der Waals surface area contributed by atoms with Crippen LogP contribution >= 0.6 is 0 Å². The SMILES string of the molecule is CCN(Cc1ccccn1)c1ncc(/C=C/C(=O)O)cn1. The van der Waals surface area contributed by atoms with E-state index in [1.54, 1.807) is 18.6 Å². The number of aliphatic carboxylic acids is 1. The number of rotatable bonds is 6. The van der Waals surface area contributed by atoms with Gasteiger partial charge in [-0.3, -0.25) is 4.98 Å². The lowest BCUT2D eigenvalue weighted by Gasteiger charge is -2.20. The van der Waals surface area contributed by atoms with Crippen molar-refractivity contribution in [1.82, 2.24) is 15.0 Å². The molecule has 2 aromatic heterocycles. The van der Waals surface area contributed by atoms with Crippen molar-refractivity contribution in [1.29, 1.82) is 0 Å². The molecule has 0 atom stereocenters. The first-order valence-electron chi connectivity index (χ1n) is 6.57. The molecule has 0 saturated carbocycles. The van der Waals surface area contributed by atoms with Gasteiger partial charge in [0.15, 0.2) is 0 Å². The summed E-state index contributed by atoms with van der Waals surface area (Å²) in [6.07, 6.45) is 7.47. The van der Waals surface area contributed by atoms with Crippen LogP contribution in [0.15, 0.2) is 42.9 Å². The van der Waals surface area contributed by atoms with E-state index in [2.05, 4.69) is 15.0 Å². The van der Waals surface area contributed by atoms with Crippen LogP contribution in [-0.2, 0) is 11.3 Å². The molecule has 0 spiro atoms. The minimum Gasteiger partial charge on any atom is -0.478 e. The number of carboxylic acid groups (broad SMARTS) is 1. The van der Waals surface area contributed by atoms with Crippen LogP contribution in [0.3, 0.4) is 0 Å². The number of carbonyl (C=O) groups is 1. The largest absolute Gasteiger partial charge is 0.478 e. The fourth-order valence-electron chi connectivity index (χ4n) is 1.76. The number of carboxylic acids is 1. The van der Waals surface area contributed by atoms with Crippen LogP contribution < -0.4 is 4.90 Å². The third-order valence-electron chi connectivity index (χ3n) is 2.82. The Morgan fingerprint density at radius 2 is 2.05 bits per heavy atom. The minimum atomic E-state index is -0.996. The second-order valence-electron chi connectivity index (χ2n) is 4.32. The van der Waals surface area contributed by atoms with E-state index in [9.17, 15) is 4.79 Å². The van der Waals surface area contributed by atoms with E-state index in [0.717, 1.165) is 18.3 Å². The van der Waals surface area contributed by atoms with Crippen molar-refractivity contribution in [3.63, 3.8) is 0 Å². The Morgan fingerprint density at radius 3 is 2.62 bits per heavy atom. The van der Waals surface area contributed by atoms with Gasteiger partial charge in [0.2, 0.25) is 5.95 Å². The van der Waals surface area contributed by atoms with Crippen LogP contribution in [-0.4, -0.2) is 32.6 Å². The van der Waals surface area contributed by atoms with Gasteiger partial charge >= 0.3 is 5.97 Å². The van der Waals surface area contributed by atoms with E-state index in [1.807, 2.05) is 30.0 Å². The van der Waals surface area contributed by atoms with E-state index >= 15 is 0 Å². The highest BCUT2D eigenvalue weighted by atomic mass is 16.4. The molecule has 6 heteroatoms. The summed E-state index contributed by atoms with van der Waals surface area (Å²) in [5.74, 6) is -0.403. The smallest absolute Gasteiger partial charge is 0.328 e. The van der Waals surface area contributed by atoms with Gasteiger partial charge in [-0.05, 0) is 25.1 Å². The summed E-state index contributed by atoms with van der Waals surface area (Å²) < 4.78 is 0. The molecule has 6 nitrogen and oxygen atoms in total.